The van der Waals surface area contributed by atoms with Crippen LogP contribution in [0, 0.1) is 0 Å². The fourth-order valence-electron chi connectivity index (χ4n) is 1.20. The van der Waals surface area contributed by atoms with Crippen molar-refractivity contribution in [1.82, 2.24) is 0 Å². The van der Waals surface area contributed by atoms with Crippen molar-refractivity contribution in [3.8, 4) is 5.75 Å². The van der Waals surface area contributed by atoms with Gasteiger partial charge in [0.1, 0.15) is 17.1 Å². The van der Waals surface area contributed by atoms with Gasteiger partial charge in [0.2, 0.25) is 18.2 Å². The minimum atomic E-state index is -4.11. The molecule has 0 radical (unpaired) electrons. The summed E-state index contributed by atoms with van der Waals surface area (Å²) in [5, 5.41) is 0. The van der Waals surface area contributed by atoms with Crippen molar-refractivity contribution >= 4 is 53.8 Å². The fourth-order valence-corrected chi connectivity index (χ4v) is 1.85. The van der Waals surface area contributed by atoms with Gasteiger partial charge in [0.15, 0.2) is 5.75 Å². The lowest BCUT2D eigenvalue weighted by Gasteiger charge is -2.12. The number of aliphatic imine (C=N–C) groups is 3. The molecule has 1 rings (SSSR count). The molecule has 0 bridgehead atoms. The minimum Gasteiger partial charge on any atom is -0.422 e. The Morgan fingerprint density at radius 2 is 1.55 bits per heavy atom. The van der Waals surface area contributed by atoms with Gasteiger partial charge in [-0.05, 0) is 12.1 Å². The fraction of sp³-hybridized carbons (Fsp3) is 0. The molecule has 0 saturated heterocycles. The highest BCUT2D eigenvalue weighted by Gasteiger charge is 2.19. The molecular weight excluding hydrogens is 309 g/mol. The van der Waals surface area contributed by atoms with Crippen molar-refractivity contribution in [1.29, 1.82) is 0 Å². The van der Waals surface area contributed by atoms with Crippen LogP contribution in [-0.2, 0) is 26.2 Å². The molecule has 2 N–H and O–H groups in total. The van der Waals surface area contributed by atoms with E-state index in [-0.39, 0.29) is 17.1 Å². The van der Waals surface area contributed by atoms with E-state index in [2.05, 4.69) is 31.3 Å². The van der Waals surface area contributed by atoms with E-state index >= 15 is 0 Å². The van der Waals surface area contributed by atoms with Gasteiger partial charge in [0.05, 0.1) is 0 Å². The Morgan fingerprint density at radius 1 is 1.00 bits per heavy atom. The van der Waals surface area contributed by atoms with Gasteiger partial charge in [-0.3, -0.25) is 0 Å². The zero-order valence-corrected chi connectivity index (χ0v) is 11.1. The number of hydrogen-bond acceptors (Lipinski definition) is 8. The Kier molecular flexibility index (Phi) is 5.34. The Balaban J connectivity index is 3.67. The van der Waals surface area contributed by atoms with E-state index in [9.17, 15) is 14.4 Å². The van der Waals surface area contributed by atoms with Crippen molar-refractivity contribution in [2.24, 2.45) is 15.0 Å². The highest BCUT2D eigenvalue weighted by molar-refractivity contribution is 8.06. The molecule has 0 saturated carbocycles. The molecule has 0 fully saturated rings. The molecule has 11 heteroatoms. The number of hydrogen-bond donors (Lipinski definition) is 2. The summed E-state index contributed by atoms with van der Waals surface area (Å²) in [7, 11) is 0. The van der Waals surface area contributed by atoms with Crippen molar-refractivity contribution in [2.45, 2.75) is 0 Å². The first kappa shape index (κ1) is 15.8. The summed E-state index contributed by atoms with van der Waals surface area (Å²) in [6, 6.07) is 2.24. The van der Waals surface area contributed by atoms with Gasteiger partial charge in [-0.15, -0.1) is 0 Å². The molecule has 0 atom stereocenters. The van der Waals surface area contributed by atoms with Crippen LogP contribution in [0.1, 0.15) is 0 Å². The average Bonchev–Trinajstić information content (AvgIpc) is 2.35. The maximum absolute atomic E-state index is 10.4. The molecule has 9 nitrogen and oxygen atoms in total. The highest BCUT2D eigenvalue weighted by Crippen LogP contribution is 2.49. The maximum Gasteiger partial charge on any atom is 0.375 e. The van der Waals surface area contributed by atoms with E-state index in [1.165, 1.54) is 12.2 Å². The van der Waals surface area contributed by atoms with Crippen LogP contribution in [0.25, 0.3) is 0 Å². The molecule has 0 aromatic heterocycles. The molecule has 1 aromatic carbocycles. The lowest BCUT2D eigenvalue weighted by atomic mass is 10.2. The van der Waals surface area contributed by atoms with Gasteiger partial charge in [0.25, 0.3) is 0 Å². The summed E-state index contributed by atoms with van der Waals surface area (Å²) in [5.74, 6) is -0.347. The topological polar surface area (TPSA) is 138 Å². The summed E-state index contributed by atoms with van der Waals surface area (Å²) < 4.78 is 4.64. The number of carbonyl (C=O) groups excluding carboxylic acids is 3. The SMILES string of the molecule is O=C=Nc1ccc(OP(O)(O)=S)c(N=C=O)c1N=C=O. The maximum atomic E-state index is 10.4. The number of benzene rings is 1. The van der Waals surface area contributed by atoms with Crippen LogP contribution >= 0.6 is 6.72 Å². The zero-order chi connectivity index (χ0) is 15.2. The van der Waals surface area contributed by atoms with Crippen LogP contribution in [-0.4, -0.2) is 28.0 Å². The molecule has 1 aromatic rings. The first-order valence-corrected chi connectivity index (χ1v) is 7.21. The third-order valence-electron chi connectivity index (χ3n) is 1.79. The van der Waals surface area contributed by atoms with Gasteiger partial charge < -0.3 is 14.3 Å². The van der Waals surface area contributed by atoms with Gasteiger partial charge >= 0.3 is 6.72 Å². The van der Waals surface area contributed by atoms with Crippen LogP contribution in [0.2, 0.25) is 0 Å². The summed E-state index contributed by atoms with van der Waals surface area (Å²) in [5.41, 5.74) is -0.918. The Labute approximate surface area is 116 Å². The van der Waals surface area contributed by atoms with E-state index < -0.39 is 12.4 Å². The van der Waals surface area contributed by atoms with Gasteiger partial charge in [0, 0.05) is 11.8 Å². The standard InChI is InChI=1S/C9H4N3O6PS/c13-3-10-6-1-2-7(18-19(16,17)20)9(12-5-15)8(6)11-4-14/h1-2H,(H2,16,17,20). The molecule has 0 spiro atoms. The summed E-state index contributed by atoms with van der Waals surface area (Å²) in [6.45, 7) is -4.11. The predicted molar refractivity (Wildman–Crippen MR) is 69.1 cm³/mol. The van der Waals surface area contributed by atoms with E-state index in [1.54, 1.807) is 0 Å². The highest BCUT2D eigenvalue weighted by atomic mass is 32.5. The summed E-state index contributed by atoms with van der Waals surface area (Å²) in [4.78, 5) is 58.8. The van der Waals surface area contributed by atoms with Gasteiger partial charge in [-0.1, -0.05) is 0 Å². The van der Waals surface area contributed by atoms with Crippen LogP contribution in [0.5, 0.6) is 5.75 Å². The van der Waals surface area contributed by atoms with Gasteiger partial charge in [-0.25, -0.2) is 14.4 Å². The second kappa shape index (κ2) is 6.77. The first-order valence-electron chi connectivity index (χ1n) is 4.58. The summed E-state index contributed by atoms with van der Waals surface area (Å²) >= 11 is 4.27. The molecule has 0 heterocycles. The molecule has 20 heavy (non-hydrogen) atoms. The minimum absolute atomic E-state index is 0.158. The largest absolute Gasteiger partial charge is 0.422 e. The average molecular weight is 313 g/mol. The van der Waals surface area contributed by atoms with Crippen LogP contribution < -0.4 is 4.52 Å². The Hall–Kier alpha value is -2.27. The summed E-state index contributed by atoms with van der Waals surface area (Å²) in [6.07, 6.45) is 3.54. The number of isocyanates is 3. The number of rotatable bonds is 5. The van der Waals surface area contributed by atoms with E-state index in [0.29, 0.717) is 0 Å². The van der Waals surface area contributed by atoms with E-state index in [0.717, 1.165) is 18.2 Å². The molecule has 0 unspecified atom stereocenters. The van der Waals surface area contributed by atoms with Crippen LogP contribution in [0.3, 0.4) is 0 Å². The molecular formula is C9H4N3O6PS. The Morgan fingerprint density at radius 3 is 2.05 bits per heavy atom. The molecule has 0 aliphatic heterocycles. The first-order chi connectivity index (χ1) is 9.42. The van der Waals surface area contributed by atoms with Crippen molar-refractivity contribution < 1.29 is 28.7 Å². The third kappa shape index (κ3) is 4.13. The van der Waals surface area contributed by atoms with E-state index in [4.69, 9.17) is 9.79 Å². The van der Waals surface area contributed by atoms with E-state index in [1.807, 2.05) is 0 Å². The monoisotopic (exact) mass is 313 g/mol. The van der Waals surface area contributed by atoms with Crippen molar-refractivity contribution in [2.75, 3.05) is 0 Å². The molecule has 0 aliphatic carbocycles. The normalized spacial score (nSPS) is 9.70. The quantitative estimate of drug-likeness (QED) is 0.472. The Bertz CT molecular complexity index is 725. The number of nitrogens with zero attached hydrogens (tertiary/aromatic N) is 3. The van der Waals surface area contributed by atoms with Crippen molar-refractivity contribution in [3.63, 3.8) is 0 Å². The third-order valence-corrected chi connectivity index (χ3v) is 2.45. The lowest BCUT2D eigenvalue weighted by Crippen LogP contribution is -1.90. The predicted octanol–water partition coefficient (Wildman–Crippen LogP) is 1.18. The molecule has 0 amide bonds. The zero-order valence-electron chi connectivity index (χ0n) is 9.38. The molecule has 102 valence electrons. The second-order valence-corrected chi connectivity index (χ2v) is 5.56. The smallest absolute Gasteiger partial charge is 0.375 e. The van der Waals surface area contributed by atoms with Crippen LogP contribution in [0.15, 0.2) is 27.1 Å². The van der Waals surface area contributed by atoms with Crippen LogP contribution in [0.4, 0.5) is 17.1 Å². The van der Waals surface area contributed by atoms with Gasteiger partial charge in [-0.2, -0.15) is 15.0 Å². The van der Waals surface area contributed by atoms with Crippen molar-refractivity contribution in [3.05, 3.63) is 12.1 Å². The second-order valence-electron chi connectivity index (χ2n) is 2.97. The lowest BCUT2D eigenvalue weighted by molar-refractivity contribution is 0.371. The molecule has 0 aliphatic rings.